The maximum atomic E-state index is 13.9. The summed E-state index contributed by atoms with van der Waals surface area (Å²) in [5.74, 6) is -6.63. The second-order valence-corrected chi connectivity index (χ2v) is 8.82. The topological polar surface area (TPSA) is 152 Å². The number of carbonyl (C=O) groups excluding carboxylic acids is 5. The molecule has 0 bridgehead atoms. The monoisotopic (exact) mass is 546 g/mol. The van der Waals surface area contributed by atoms with Crippen LogP contribution in [0.4, 0.5) is 23.2 Å². The molecule has 0 radical (unpaired) electrons. The summed E-state index contributed by atoms with van der Waals surface area (Å²) in [6.45, 7) is -1.16. The Morgan fingerprint density at radius 3 is 2.42 bits per heavy atom. The van der Waals surface area contributed by atoms with Crippen LogP contribution in [0, 0.1) is 11.7 Å². The van der Waals surface area contributed by atoms with Gasteiger partial charge in [-0.15, -0.1) is 13.2 Å². The molecule has 0 saturated carbocycles. The van der Waals surface area contributed by atoms with Gasteiger partial charge in [0.05, 0.1) is 11.7 Å². The van der Waals surface area contributed by atoms with Crippen LogP contribution in [-0.4, -0.2) is 73.7 Å². The second kappa shape index (κ2) is 12.3. The van der Waals surface area contributed by atoms with Crippen LogP contribution >= 0.6 is 0 Å². The number of hydrogen-bond acceptors (Lipinski definition) is 7. The third-order valence-electron chi connectivity index (χ3n) is 6.22. The number of nitrogens with one attached hydrogen (secondary N) is 4. The Balaban J connectivity index is 1.76. The Hall–Kier alpha value is -3.59. The third-order valence-corrected chi connectivity index (χ3v) is 6.22. The number of Topliss-reactive ketones (excluding diaryl/α,β-unsaturated/α-hetero) is 1. The molecule has 0 aromatic heterocycles. The van der Waals surface area contributed by atoms with E-state index in [9.17, 15) is 41.5 Å². The zero-order valence-electron chi connectivity index (χ0n) is 20.0. The van der Waals surface area contributed by atoms with E-state index in [-0.39, 0.29) is 38.2 Å². The zero-order valence-corrected chi connectivity index (χ0v) is 20.0. The molecule has 2 aliphatic heterocycles. The van der Waals surface area contributed by atoms with Crippen molar-refractivity contribution in [1.29, 1.82) is 0 Å². The highest BCUT2D eigenvalue weighted by molar-refractivity contribution is 6.40. The molecule has 15 heteroatoms. The minimum absolute atomic E-state index is 0.0243. The van der Waals surface area contributed by atoms with Gasteiger partial charge in [-0.3, -0.25) is 28.7 Å². The highest BCUT2D eigenvalue weighted by atomic mass is 19.4. The molecule has 0 aliphatic carbocycles. The van der Waals surface area contributed by atoms with Crippen molar-refractivity contribution in [3.05, 3.63) is 30.1 Å². The van der Waals surface area contributed by atoms with Crippen molar-refractivity contribution in [2.45, 2.75) is 43.6 Å². The van der Waals surface area contributed by atoms with Crippen LogP contribution in [-0.2, 0) is 33.4 Å². The summed E-state index contributed by atoms with van der Waals surface area (Å²) in [7, 11) is 0. The molecule has 2 aliphatic rings. The van der Waals surface area contributed by atoms with Crippen molar-refractivity contribution >= 4 is 35.1 Å². The molecule has 0 spiro atoms. The van der Waals surface area contributed by atoms with E-state index in [4.69, 9.17) is 4.74 Å². The fourth-order valence-corrected chi connectivity index (χ4v) is 4.12. The molecule has 2 atom stereocenters. The van der Waals surface area contributed by atoms with Gasteiger partial charge in [0.2, 0.25) is 11.8 Å². The van der Waals surface area contributed by atoms with Crippen LogP contribution in [0.25, 0.3) is 0 Å². The minimum Gasteiger partial charge on any atom is -0.381 e. The van der Waals surface area contributed by atoms with Gasteiger partial charge < -0.3 is 26.0 Å². The molecule has 2 heterocycles. The molecule has 1 aromatic rings. The Labute approximate surface area is 214 Å². The summed E-state index contributed by atoms with van der Waals surface area (Å²) in [5.41, 5.74) is -2.05. The average Bonchev–Trinajstić information content (AvgIpc) is 3.27. The molecule has 0 unspecified atom stereocenters. The first-order chi connectivity index (χ1) is 17.9. The molecule has 2 fully saturated rings. The molecule has 3 rings (SSSR count). The number of anilines is 1. The van der Waals surface area contributed by atoms with Crippen LogP contribution < -0.4 is 21.3 Å². The standard InChI is InChI=1S/C23H26F4N4O7/c24-14-3-1-2-4-15(14)29-19(34)20(35)31-22(6-9-37-10-7-22)21(36)30-16(11-13-5-8-28-18(13)33)17(32)12-38-23(25,26)27/h1-4,13,16H,5-12H2,(H,28,33)(H,29,34)(H,30,36)(H,31,35)/t13-,16-/m0/s1. The van der Waals surface area contributed by atoms with Crippen LogP contribution in [0.15, 0.2) is 24.3 Å². The highest BCUT2D eigenvalue weighted by Gasteiger charge is 2.45. The quantitative estimate of drug-likeness (QED) is 0.261. The average molecular weight is 546 g/mol. The van der Waals surface area contributed by atoms with Crippen LogP contribution in [0.5, 0.6) is 0 Å². The zero-order chi connectivity index (χ0) is 27.9. The molecular weight excluding hydrogens is 520 g/mol. The fraction of sp³-hybridized carbons (Fsp3) is 0.522. The summed E-state index contributed by atoms with van der Waals surface area (Å²) in [5, 5.41) is 9.27. The number of ether oxygens (including phenoxy) is 2. The molecule has 208 valence electrons. The lowest BCUT2D eigenvalue weighted by atomic mass is 9.87. The van der Waals surface area contributed by atoms with E-state index in [1.54, 1.807) is 0 Å². The third kappa shape index (κ3) is 7.71. The molecular formula is C23H26F4N4O7. The van der Waals surface area contributed by atoms with Gasteiger partial charge in [0.25, 0.3) is 0 Å². The van der Waals surface area contributed by atoms with Crippen LogP contribution in [0.3, 0.4) is 0 Å². The maximum Gasteiger partial charge on any atom is 0.522 e. The normalized spacial score (nSPS) is 19.7. The summed E-state index contributed by atoms with van der Waals surface area (Å²) in [6.07, 6.45) is -5.38. The summed E-state index contributed by atoms with van der Waals surface area (Å²) in [4.78, 5) is 63.0. The van der Waals surface area contributed by atoms with E-state index in [1.165, 1.54) is 18.2 Å². The lowest BCUT2D eigenvalue weighted by Crippen LogP contribution is -2.64. The molecule has 4 N–H and O–H groups in total. The summed E-state index contributed by atoms with van der Waals surface area (Å²) >= 11 is 0. The second-order valence-electron chi connectivity index (χ2n) is 8.82. The SMILES string of the molecule is O=C(Nc1ccccc1F)C(=O)NC1(C(=O)N[C@@H](C[C@@H]2CCNC2=O)C(=O)COC(F)(F)F)CCOCC1. The summed E-state index contributed by atoms with van der Waals surface area (Å²) in [6, 6.07) is 3.52. The molecule has 38 heavy (non-hydrogen) atoms. The van der Waals surface area contributed by atoms with Gasteiger partial charge in [0.1, 0.15) is 18.0 Å². The first-order valence-corrected chi connectivity index (χ1v) is 11.7. The van der Waals surface area contributed by atoms with E-state index >= 15 is 0 Å². The Kier molecular flexibility index (Phi) is 9.38. The van der Waals surface area contributed by atoms with Crippen molar-refractivity contribution in [2.24, 2.45) is 5.92 Å². The van der Waals surface area contributed by atoms with Crippen molar-refractivity contribution in [3.8, 4) is 0 Å². The lowest BCUT2D eigenvalue weighted by molar-refractivity contribution is -0.321. The number of rotatable bonds is 9. The smallest absolute Gasteiger partial charge is 0.381 e. The van der Waals surface area contributed by atoms with Crippen LogP contribution in [0.1, 0.15) is 25.7 Å². The van der Waals surface area contributed by atoms with Gasteiger partial charge in [-0.25, -0.2) is 4.39 Å². The first kappa shape index (κ1) is 29.0. The molecule has 4 amide bonds. The number of halogens is 4. The Bertz CT molecular complexity index is 1080. The van der Waals surface area contributed by atoms with Crippen molar-refractivity contribution in [3.63, 3.8) is 0 Å². The van der Waals surface area contributed by atoms with Crippen molar-refractivity contribution < 1.29 is 51.0 Å². The van der Waals surface area contributed by atoms with Gasteiger partial charge in [-0.2, -0.15) is 0 Å². The molecule has 11 nitrogen and oxygen atoms in total. The fourth-order valence-electron chi connectivity index (χ4n) is 4.12. The van der Waals surface area contributed by atoms with Gasteiger partial charge in [-0.1, -0.05) is 12.1 Å². The number of ketones is 1. The number of benzene rings is 1. The van der Waals surface area contributed by atoms with E-state index < -0.39 is 65.7 Å². The predicted molar refractivity (Wildman–Crippen MR) is 121 cm³/mol. The minimum atomic E-state index is -5.10. The summed E-state index contributed by atoms with van der Waals surface area (Å²) < 4.78 is 60.2. The van der Waals surface area contributed by atoms with Crippen LogP contribution in [0.2, 0.25) is 0 Å². The van der Waals surface area contributed by atoms with E-state index in [0.29, 0.717) is 13.0 Å². The number of carbonyl (C=O) groups is 5. The largest absolute Gasteiger partial charge is 0.522 e. The van der Waals surface area contributed by atoms with Gasteiger partial charge in [0.15, 0.2) is 5.78 Å². The molecule has 2 saturated heterocycles. The number of alkyl halides is 3. The van der Waals surface area contributed by atoms with Crippen molar-refractivity contribution in [2.75, 3.05) is 31.7 Å². The first-order valence-electron chi connectivity index (χ1n) is 11.7. The predicted octanol–water partition coefficient (Wildman–Crippen LogP) is 0.546. The Morgan fingerprint density at radius 1 is 1.13 bits per heavy atom. The number of hydrogen-bond donors (Lipinski definition) is 4. The lowest BCUT2D eigenvalue weighted by Gasteiger charge is -2.37. The number of amides is 4. The van der Waals surface area contributed by atoms with Crippen molar-refractivity contribution in [1.82, 2.24) is 16.0 Å². The van der Waals surface area contributed by atoms with E-state index in [0.717, 1.165) is 6.07 Å². The Morgan fingerprint density at radius 2 is 1.82 bits per heavy atom. The maximum absolute atomic E-state index is 13.9. The van der Waals surface area contributed by atoms with E-state index in [1.807, 2.05) is 0 Å². The van der Waals surface area contributed by atoms with Gasteiger partial charge in [-0.05, 0) is 25.0 Å². The number of para-hydroxylation sites is 1. The van der Waals surface area contributed by atoms with Gasteiger partial charge in [0, 0.05) is 38.5 Å². The molecule has 1 aromatic carbocycles. The highest BCUT2D eigenvalue weighted by Crippen LogP contribution is 2.24. The van der Waals surface area contributed by atoms with Gasteiger partial charge >= 0.3 is 18.2 Å². The van der Waals surface area contributed by atoms with E-state index in [2.05, 4.69) is 26.0 Å².